The normalized spacial score (nSPS) is 22.1. The number of nitrogens with zero attached hydrogens (tertiary/aromatic N) is 2. The maximum absolute atomic E-state index is 12.7. The molecule has 1 fully saturated rings. The number of nitro benzene ring substituents is 1. The van der Waals surface area contributed by atoms with Crippen molar-refractivity contribution in [2.75, 3.05) is 14.2 Å². The molecule has 2 rings (SSSR count). The van der Waals surface area contributed by atoms with Crippen molar-refractivity contribution in [3.8, 4) is 5.75 Å². The van der Waals surface area contributed by atoms with Gasteiger partial charge in [0.1, 0.15) is 0 Å². The molecule has 1 aliphatic rings. The molecule has 1 aromatic rings. The molecular weight excluding hydrogens is 320 g/mol. The molecule has 23 heavy (non-hydrogen) atoms. The van der Waals surface area contributed by atoms with Crippen molar-refractivity contribution in [2.45, 2.75) is 43.5 Å². The van der Waals surface area contributed by atoms with Gasteiger partial charge in [0.2, 0.25) is 10.0 Å². The molecule has 0 heterocycles. The van der Waals surface area contributed by atoms with Crippen molar-refractivity contribution in [3.05, 3.63) is 28.3 Å². The number of ether oxygens (including phenoxy) is 1. The number of hydrogen-bond donors (Lipinski definition) is 0. The second-order valence-corrected chi connectivity index (χ2v) is 8.02. The molecule has 0 atom stereocenters. The largest absolute Gasteiger partial charge is 0.490 e. The second-order valence-electron chi connectivity index (χ2n) is 6.03. The lowest BCUT2D eigenvalue weighted by Crippen LogP contribution is -2.39. The number of benzene rings is 1. The van der Waals surface area contributed by atoms with Gasteiger partial charge in [0.25, 0.3) is 0 Å². The van der Waals surface area contributed by atoms with Gasteiger partial charge in [-0.25, -0.2) is 8.42 Å². The summed E-state index contributed by atoms with van der Waals surface area (Å²) < 4.78 is 31.8. The molecule has 0 aliphatic heterocycles. The van der Waals surface area contributed by atoms with Gasteiger partial charge in [0, 0.05) is 19.2 Å². The number of methoxy groups -OCH3 is 1. The minimum Gasteiger partial charge on any atom is -0.490 e. The van der Waals surface area contributed by atoms with E-state index in [1.54, 1.807) is 7.05 Å². The highest BCUT2D eigenvalue weighted by Crippen LogP contribution is 2.33. The molecule has 0 bridgehead atoms. The molecule has 1 saturated carbocycles. The van der Waals surface area contributed by atoms with Crippen molar-refractivity contribution in [2.24, 2.45) is 5.92 Å². The predicted molar refractivity (Wildman–Crippen MR) is 86.0 cm³/mol. The SMILES string of the molecule is COc1ccc(S(=O)(=O)N(C)C2CCC(C)CC2)cc1[N+](=O)[O-]. The van der Waals surface area contributed by atoms with Crippen LogP contribution < -0.4 is 4.74 Å². The van der Waals surface area contributed by atoms with E-state index in [0.717, 1.165) is 31.7 Å². The van der Waals surface area contributed by atoms with Crippen LogP contribution in [0, 0.1) is 16.0 Å². The third-order valence-electron chi connectivity index (χ3n) is 4.52. The van der Waals surface area contributed by atoms with Gasteiger partial charge in [0.05, 0.1) is 16.9 Å². The fourth-order valence-corrected chi connectivity index (χ4v) is 4.38. The highest BCUT2D eigenvalue weighted by Gasteiger charge is 2.32. The van der Waals surface area contributed by atoms with E-state index in [9.17, 15) is 18.5 Å². The highest BCUT2D eigenvalue weighted by atomic mass is 32.2. The van der Waals surface area contributed by atoms with Crippen LogP contribution >= 0.6 is 0 Å². The Morgan fingerprint density at radius 3 is 2.39 bits per heavy atom. The Morgan fingerprint density at radius 2 is 1.87 bits per heavy atom. The van der Waals surface area contributed by atoms with Crippen LogP contribution in [0.1, 0.15) is 32.6 Å². The Kier molecular flexibility index (Phi) is 5.26. The summed E-state index contributed by atoms with van der Waals surface area (Å²) in [5.74, 6) is 0.660. The molecule has 0 radical (unpaired) electrons. The van der Waals surface area contributed by atoms with Crippen molar-refractivity contribution in [1.82, 2.24) is 4.31 Å². The van der Waals surface area contributed by atoms with Crippen molar-refractivity contribution >= 4 is 15.7 Å². The summed E-state index contributed by atoms with van der Waals surface area (Å²) in [4.78, 5) is 10.4. The third-order valence-corrected chi connectivity index (χ3v) is 6.43. The molecule has 0 amide bonds. The highest BCUT2D eigenvalue weighted by molar-refractivity contribution is 7.89. The average molecular weight is 342 g/mol. The number of nitro groups is 1. The van der Waals surface area contributed by atoms with Gasteiger partial charge in [-0.05, 0) is 43.7 Å². The zero-order chi connectivity index (χ0) is 17.2. The maximum Gasteiger partial charge on any atom is 0.312 e. The van der Waals surface area contributed by atoms with Crippen LogP contribution in [0.5, 0.6) is 5.75 Å². The summed E-state index contributed by atoms with van der Waals surface area (Å²) >= 11 is 0. The van der Waals surface area contributed by atoms with Crippen LogP contribution in [-0.2, 0) is 10.0 Å². The lowest BCUT2D eigenvalue weighted by Gasteiger charge is -2.32. The average Bonchev–Trinajstić information content (AvgIpc) is 2.54. The molecule has 0 saturated heterocycles. The van der Waals surface area contributed by atoms with Crippen molar-refractivity contribution < 1.29 is 18.1 Å². The van der Waals surface area contributed by atoms with Crippen LogP contribution in [-0.4, -0.2) is 37.8 Å². The van der Waals surface area contributed by atoms with Gasteiger partial charge in [0.15, 0.2) is 5.75 Å². The Hall–Kier alpha value is -1.67. The molecule has 0 N–H and O–H groups in total. The van der Waals surface area contributed by atoms with Gasteiger partial charge in [-0.2, -0.15) is 4.31 Å². The molecule has 0 spiro atoms. The number of hydrogen-bond acceptors (Lipinski definition) is 5. The lowest BCUT2D eigenvalue weighted by molar-refractivity contribution is -0.386. The van der Waals surface area contributed by atoms with Crippen LogP contribution in [0.3, 0.4) is 0 Å². The molecule has 8 heteroatoms. The topological polar surface area (TPSA) is 89.8 Å². The Balaban J connectivity index is 2.32. The van der Waals surface area contributed by atoms with Gasteiger partial charge in [-0.1, -0.05) is 6.92 Å². The standard InChI is InChI=1S/C15H22N2O5S/c1-11-4-6-12(7-5-11)16(2)23(20,21)13-8-9-15(22-3)14(10-13)17(18)19/h8-12H,4-7H2,1-3H3. The zero-order valence-electron chi connectivity index (χ0n) is 13.6. The summed E-state index contributed by atoms with van der Waals surface area (Å²) in [6, 6.07) is 3.68. The van der Waals surface area contributed by atoms with E-state index < -0.39 is 14.9 Å². The summed E-state index contributed by atoms with van der Waals surface area (Å²) in [5.41, 5.74) is -0.348. The summed E-state index contributed by atoms with van der Waals surface area (Å²) in [7, 11) is -0.905. The zero-order valence-corrected chi connectivity index (χ0v) is 14.4. The maximum atomic E-state index is 12.7. The quantitative estimate of drug-likeness (QED) is 0.606. The lowest BCUT2D eigenvalue weighted by atomic mass is 9.87. The second kappa shape index (κ2) is 6.84. The molecule has 128 valence electrons. The Bertz CT molecular complexity index is 681. The van der Waals surface area contributed by atoms with Crippen LogP contribution in [0.4, 0.5) is 5.69 Å². The first-order chi connectivity index (χ1) is 10.8. The van der Waals surface area contributed by atoms with Crippen LogP contribution in [0.15, 0.2) is 23.1 Å². The molecule has 0 unspecified atom stereocenters. The van der Waals surface area contributed by atoms with E-state index in [2.05, 4.69) is 6.92 Å². The minimum absolute atomic E-state index is 0.0445. The van der Waals surface area contributed by atoms with E-state index in [4.69, 9.17) is 4.74 Å². The molecule has 1 aliphatic carbocycles. The first-order valence-electron chi connectivity index (χ1n) is 7.57. The monoisotopic (exact) mass is 342 g/mol. The Labute approximate surface area is 136 Å². The molecule has 7 nitrogen and oxygen atoms in total. The third kappa shape index (κ3) is 3.64. The van der Waals surface area contributed by atoms with Gasteiger partial charge < -0.3 is 4.74 Å². The molecule has 0 aromatic heterocycles. The van der Waals surface area contributed by atoms with Gasteiger partial charge in [-0.15, -0.1) is 0 Å². The van der Waals surface area contributed by atoms with Crippen molar-refractivity contribution in [3.63, 3.8) is 0 Å². The van der Waals surface area contributed by atoms with E-state index in [0.29, 0.717) is 5.92 Å². The summed E-state index contributed by atoms with van der Waals surface area (Å²) in [5, 5.41) is 11.1. The Morgan fingerprint density at radius 1 is 1.26 bits per heavy atom. The summed E-state index contributed by atoms with van der Waals surface area (Å²) in [6.07, 6.45) is 3.62. The first kappa shape index (κ1) is 17.7. The van der Waals surface area contributed by atoms with Gasteiger partial charge >= 0.3 is 5.69 Å². The smallest absolute Gasteiger partial charge is 0.312 e. The van der Waals surface area contributed by atoms with Gasteiger partial charge in [-0.3, -0.25) is 10.1 Å². The number of sulfonamides is 1. The van der Waals surface area contributed by atoms with E-state index in [-0.39, 0.29) is 22.4 Å². The van der Waals surface area contributed by atoms with Crippen LogP contribution in [0.2, 0.25) is 0 Å². The van der Waals surface area contributed by atoms with E-state index in [1.165, 1.54) is 23.5 Å². The van der Waals surface area contributed by atoms with E-state index in [1.807, 2.05) is 0 Å². The van der Waals surface area contributed by atoms with Crippen LogP contribution in [0.25, 0.3) is 0 Å². The fraction of sp³-hybridized carbons (Fsp3) is 0.600. The van der Waals surface area contributed by atoms with Crippen molar-refractivity contribution in [1.29, 1.82) is 0 Å². The van der Waals surface area contributed by atoms with E-state index >= 15 is 0 Å². The predicted octanol–water partition coefficient (Wildman–Crippen LogP) is 2.80. The number of rotatable bonds is 5. The fourth-order valence-electron chi connectivity index (χ4n) is 2.94. The first-order valence-corrected chi connectivity index (χ1v) is 9.02. The molecule has 1 aromatic carbocycles. The minimum atomic E-state index is -3.76. The molecular formula is C15H22N2O5S. The summed E-state index contributed by atoms with van der Waals surface area (Å²) in [6.45, 7) is 2.16.